The highest BCUT2D eigenvalue weighted by molar-refractivity contribution is 5.96. The summed E-state index contributed by atoms with van der Waals surface area (Å²) in [5.41, 5.74) is 5.51. The highest BCUT2D eigenvalue weighted by Crippen LogP contribution is 2.30. The third kappa shape index (κ3) is 4.06. The van der Waals surface area contributed by atoms with Crippen LogP contribution in [0.1, 0.15) is 40.5 Å². The van der Waals surface area contributed by atoms with Gasteiger partial charge in [-0.3, -0.25) is 0 Å². The van der Waals surface area contributed by atoms with Crippen LogP contribution in [-0.4, -0.2) is 29.7 Å². The molecule has 0 aliphatic carbocycles. The van der Waals surface area contributed by atoms with Crippen molar-refractivity contribution in [1.82, 2.24) is 9.97 Å². The molecule has 0 bridgehead atoms. The smallest absolute Gasteiger partial charge is 0.360 e. The van der Waals surface area contributed by atoms with Crippen molar-refractivity contribution in [1.29, 1.82) is 0 Å². The number of hydrogen-bond acceptors (Lipinski definition) is 6. The molecule has 0 saturated carbocycles. The summed E-state index contributed by atoms with van der Waals surface area (Å²) in [4.78, 5) is 21.9. The summed E-state index contributed by atoms with van der Waals surface area (Å²) < 4.78 is 10.8. The average molecular weight is 379 g/mol. The van der Waals surface area contributed by atoms with Crippen LogP contribution in [-0.2, 0) is 4.74 Å². The van der Waals surface area contributed by atoms with E-state index < -0.39 is 5.97 Å². The quantitative estimate of drug-likeness (QED) is 0.616. The van der Waals surface area contributed by atoms with Gasteiger partial charge in [0.2, 0.25) is 0 Å². The summed E-state index contributed by atoms with van der Waals surface area (Å²) >= 11 is 0. The number of methoxy groups -OCH3 is 1. The molecule has 0 saturated heterocycles. The van der Waals surface area contributed by atoms with E-state index in [2.05, 4.69) is 15.3 Å². The van der Waals surface area contributed by atoms with E-state index in [1.165, 1.54) is 0 Å². The zero-order valence-electron chi connectivity index (χ0n) is 16.9. The maximum atomic E-state index is 12.6. The third-order valence-corrected chi connectivity index (χ3v) is 4.52. The molecule has 0 aliphatic rings. The molecular formula is C22H25N3O3. The first-order chi connectivity index (χ1) is 13.4. The van der Waals surface area contributed by atoms with Crippen LogP contribution in [0.5, 0.6) is 5.75 Å². The fourth-order valence-electron chi connectivity index (χ4n) is 2.85. The van der Waals surface area contributed by atoms with Crippen LogP contribution in [0.3, 0.4) is 0 Å². The van der Waals surface area contributed by atoms with Gasteiger partial charge in [0.05, 0.1) is 30.4 Å². The lowest BCUT2D eigenvalue weighted by molar-refractivity contribution is 0.0499. The number of anilines is 2. The third-order valence-electron chi connectivity index (χ3n) is 4.52. The van der Waals surface area contributed by atoms with E-state index in [9.17, 15) is 4.79 Å². The molecule has 0 unspecified atom stereocenters. The molecule has 0 radical (unpaired) electrons. The summed E-state index contributed by atoms with van der Waals surface area (Å²) in [5.74, 6) is 0.504. The van der Waals surface area contributed by atoms with Crippen molar-refractivity contribution in [3.63, 3.8) is 0 Å². The van der Waals surface area contributed by atoms with Gasteiger partial charge in [-0.2, -0.15) is 0 Å². The molecular weight excluding hydrogens is 354 g/mol. The molecule has 3 aromatic rings. The second-order valence-corrected chi connectivity index (χ2v) is 6.81. The van der Waals surface area contributed by atoms with E-state index in [4.69, 9.17) is 9.47 Å². The minimum atomic E-state index is -0.497. The summed E-state index contributed by atoms with van der Waals surface area (Å²) in [6.45, 7) is 8.30. The first kappa shape index (κ1) is 19.6. The first-order valence-corrected chi connectivity index (χ1v) is 9.30. The molecule has 0 atom stereocenters. The van der Waals surface area contributed by atoms with E-state index >= 15 is 0 Å². The Balaban J connectivity index is 2.14. The van der Waals surface area contributed by atoms with Gasteiger partial charge in [-0.25, -0.2) is 14.8 Å². The van der Waals surface area contributed by atoms with Crippen LogP contribution in [0, 0.1) is 20.8 Å². The number of hydrogen-bond donors (Lipinski definition) is 1. The van der Waals surface area contributed by atoms with Gasteiger partial charge < -0.3 is 14.8 Å². The van der Waals surface area contributed by atoms with E-state index in [1.54, 1.807) is 7.11 Å². The number of rotatable bonds is 6. The van der Waals surface area contributed by atoms with Crippen molar-refractivity contribution >= 4 is 28.5 Å². The highest BCUT2D eigenvalue weighted by Gasteiger charge is 2.20. The lowest BCUT2D eigenvalue weighted by Crippen LogP contribution is -2.13. The van der Waals surface area contributed by atoms with Crippen LogP contribution >= 0.6 is 0 Å². The summed E-state index contributed by atoms with van der Waals surface area (Å²) in [6, 6.07) is 9.67. The molecule has 0 fully saturated rings. The molecule has 0 aliphatic heterocycles. The Labute approximate surface area is 164 Å². The van der Waals surface area contributed by atoms with Crippen LogP contribution in [0.25, 0.3) is 11.0 Å². The first-order valence-electron chi connectivity index (χ1n) is 9.30. The number of ether oxygens (including phenoxy) is 2. The number of aromatic nitrogens is 2. The SMILES string of the molecule is CCCOC(=O)c1nc2cc(C)c(C)cc2nc1Nc1cc(C)ccc1OC. The molecule has 28 heavy (non-hydrogen) atoms. The fraction of sp³-hybridized carbons (Fsp3) is 0.318. The normalized spacial score (nSPS) is 10.8. The van der Waals surface area contributed by atoms with E-state index in [-0.39, 0.29) is 5.69 Å². The van der Waals surface area contributed by atoms with Crippen molar-refractivity contribution in [2.45, 2.75) is 34.1 Å². The van der Waals surface area contributed by atoms with Crippen molar-refractivity contribution in [3.05, 3.63) is 52.7 Å². The lowest BCUT2D eigenvalue weighted by Gasteiger charge is -2.15. The number of fused-ring (bicyclic) bond motifs is 1. The number of nitrogens with one attached hydrogen (secondary N) is 1. The predicted molar refractivity (Wildman–Crippen MR) is 111 cm³/mol. The molecule has 1 N–H and O–H groups in total. The summed E-state index contributed by atoms with van der Waals surface area (Å²) in [6.07, 6.45) is 0.736. The number of esters is 1. The van der Waals surface area contributed by atoms with Gasteiger partial charge >= 0.3 is 5.97 Å². The van der Waals surface area contributed by atoms with Gasteiger partial charge in [0, 0.05) is 0 Å². The second kappa shape index (κ2) is 8.25. The number of nitrogens with zero attached hydrogens (tertiary/aromatic N) is 2. The maximum Gasteiger partial charge on any atom is 0.360 e. The van der Waals surface area contributed by atoms with Crippen molar-refractivity contribution in [2.24, 2.45) is 0 Å². The Bertz CT molecular complexity index is 1030. The minimum absolute atomic E-state index is 0.160. The molecule has 0 amide bonds. The van der Waals surface area contributed by atoms with Crippen molar-refractivity contribution < 1.29 is 14.3 Å². The number of carbonyl (C=O) groups excluding carboxylic acids is 1. The zero-order chi connectivity index (χ0) is 20.3. The van der Waals surface area contributed by atoms with Gasteiger partial charge in [-0.05, 0) is 68.1 Å². The Kier molecular flexibility index (Phi) is 5.78. The van der Waals surface area contributed by atoms with Gasteiger partial charge in [0.15, 0.2) is 11.5 Å². The van der Waals surface area contributed by atoms with E-state index in [0.29, 0.717) is 34.9 Å². The van der Waals surface area contributed by atoms with E-state index in [1.807, 2.05) is 58.0 Å². The van der Waals surface area contributed by atoms with Gasteiger partial charge in [0.25, 0.3) is 0 Å². The molecule has 1 heterocycles. The molecule has 2 aromatic carbocycles. The minimum Gasteiger partial charge on any atom is -0.495 e. The van der Waals surface area contributed by atoms with Gasteiger partial charge in [-0.15, -0.1) is 0 Å². The Hall–Kier alpha value is -3.15. The predicted octanol–water partition coefficient (Wildman–Crippen LogP) is 4.87. The molecule has 3 rings (SSSR count). The number of carbonyl (C=O) groups is 1. The molecule has 6 heteroatoms. The number of benzene rings is 2. The largest absolute Gasteiger partial charge is 0.495 e. The topological polar surface area (TPSA) is 73.3 Å². The molecule has 1 aromatic heterocycles. The standard InChI is InChI=1S/C22H25N3O3/c1-6-9-28-22(26)20-21(25-18-10-13(2)7-8-19(18)27-5)24-17-12-15(4)14(3)11-16(17)23-20/h7-8,10-12H,6,9H2,1-5H3,(H,24,25). The van der Waals surface area contributed by atoms with Crippen molar-refractivity contribution in [3.8, 4) is 5.75 Å². The highest BCUT2D eigenvalue weighted by atomic mass is 16.5. The Morgan fingerprint density at radius 3 is 2.36 bits per heavy atom. The fourth-order valence-corrected chi connectivity index (χ4v) is 2.85. The van der Waals surface area contributed by atoms with Gasteiger partial charge in [-0.1, -0.05) is 13.0 Å². The van der Waals surface area contributed by atoms with E-state index in [0.717, 1.165) is 23.1 Å². The zero-order valence-corrected chi connectivity index (χ0v) is 16.9. The Morgan fingerprint density at radius 2 is 1.71 bits per heavy atom. The molecule has 146 valence electrons. The van der Waals surface area contributed by atoms with Gasteiger partial charge in [0.1, 0.15) is 5.75 Å². The monoisotopic (exact) mass is 379 g/mol. The summed E-state index contributed by atoms with van der Waals surface area (Å²) in [7, 11) is 1.60. The second-order valence-electron chi connectivity index (χ2n) is 6.81. The van der Waals surface area contributed by atoms with Crippen molar-refractivity contribution in [2.75, 3.05) is 19.0 Å². The van der Waals surface area contributed by atoms with Crippen LogP contribution in [0.4, 0.5) is 11.5 Å². The molecule has 6 nitrogen and oxygen atoms in total. The van der Waals surface area contributed by atoms with Crippen LogP contribution < -0.4 is 10.1 Å². The van der Waals surface area contributed by atoms with Crippen LogP contribution in [0.15, 0.2) is 30.3 Å². The van der Waals surface area contributed by atoms with Crippen LogP contribution in [0.2, 0.25) is 0 Å². The maximum absolute atomic E-state index is 12.6. The lowest BCUT2D eigenvalue weighted by atomic mass is 10.1. The number of aryl methyl sites for hydroxylation is 3. The average Bonchev–Trinajstić information content (AvgIpc) is 2.67. The Morgan fingerprint density at radius 1 is 1.04 bits per heavy atom. The molecule has 0 spiro atoms. The summed E-state index contributed by atoms with van der Waals surface area (Å²) in [5, 5.41) is 3.22.